The summed E-state index contributed by atoms with van der Waals surface area (Å²) in [5.41, 5.74) is 6.82. The van der Waals surface area contributed by atoms with Gasteiger partial charge in [0, 0.05) is 13.0 Å². The SMILES string of the molecule is Nc1ccccc1NC(=O)CN1CCCC1=O. The van der Waals surface area contributed by atoms with Crippen LogP contribution in [-0.2, 0) is 9.59 Å². The van der Waals surface area contributed by atoms with Crippen LogP contribution in [0.25, 0.3) is 0 Å². The molecular weight excluding hydrogens is 218 g/mol. The minimum atomic E-state index is -0.210. The van der Waals surface area contributed by atoms with Crippen molar-refractivity contribution in [3.8, 4) is 0 Å². The zero-order valence-electron chi connectivity index (χ0n) is 9.48. The molecule has 0 saturated carbocycles. The van der Waals surface area contributed by atoms with Crippen molar-refractivity contribution in [2.75, 3.05) is 24.1 Å². The number of para-hydroxylation sites is 2. The van der Waals surface area contributed by atoms with E-state index in [9.17, 15) is 9.59 Å². The highest BCUT2D eigenvalue weighted by Gasteiger charge is 2.22. The molecule has 90 valence electrons. The van der Waals surface area contributed by atoms with Gasteiger partial charge in [0.15, 0.2) is 0 Å². The second-order valence-corrected chi connectivity index (χ2v) is 4.05. The zero-order chi connectivity index (χ0) is 12.3. The van der Waals surface area contributed by atoms with E-state index in [2.05, 4.69) is 5.32 Å². The van der Waals surface area contributed by atoms with Crippen LogP contribution in [0.1, 0.15) is 12.8 Å². The van der Waals surface area contributed by atoms with Crippen molar-refractivity contribution >= 4 is 23.2 Å². The highest BCUT2D eigenvalue weighted by atomic mass is 16.2. The molecule has 0 aromatic heterocycles. The normalized spacial score (nSPS) is 15.1. The van der Waals surface area contributed by atoms with Crippen molar-refractivity contribution in [1.29, 1.82) is 0 Å². The van der Waals surface area contributed by atoms with Crippen molar-refractivity contribution in [2.24, 2.45) is 0 Å². The highest BCUT2D eigenvalue weighted by Crippen LogP contribution is 2.17. The predicted octanol–water partition coefficient (Wildman–Crippen LogP) is 0.830. The average Bonchev–Trinajstić information content (AvgIpc) is 2.68. The standard InChI is InChI=1S/C12H15N3O2/c13-9-4-1-2-5-10(9)14-11(16)8-15-7-3-6-12(15)17/h1-2,4-5H,3,6-8,13H2,(H,14,16). The smallest absolute Gasteiger partial charge is 0.244 e. The van der Waals surface area contributed by atoms with Gasteiger partial charge in [0.2, 0.25) is 11.8 Å². The fraction of sp³-hybridized carbons (Fsp3) is 0.333. The summed E-state index contributed by atoms with van der Waals surface area (Å²) >= 11 is 0. The molecular formula is C12H15N3O2. The number of nitrogens with zero attached hydrogens (tertiary/aromatic N) is 1. The second-order valence-electron chi connectivity index (χ2n) is 4.05. The molecule has 1 aromatic rings. The minimum Gasteiger partial charge on any atom is -0.397 e. The molecule has 1 saturated heterocycles. The largest absolute Gasteiger partial charge is 0.397 e. The van der Waals surface area contributed by atoms with Crippen LogP contribution >= 0.6 is 0 Å². The number of benzene rings is 1. The van der Waals surface area contributed by atoms with Crippen LogP contribution < -0.4 is 11.1 Å². The lowest BCUT2D eigenvalue weighted by atomic mass is 10.2. The summed E-state index contributed by atoms with van der Waals surface area (Å²) in [6, 6.07) is 7.05. The number of anilines is 2. The van der Waals surface area contributed by atoms with Gasteiger partial charge in [0.1, 0.15) is 0 Å². The maximum atomic E-state index is 11.7. The van der Waals surface area contributed by atoms with Gasteiger partial charge in [-0.3, -0.25) is 9.59 Å². The topological polar surface area (TPSA) is 75.4 Å². The number of nitrogens with one attached hydrogen (secondary N) is 1. The van der Waals surface area contributed by atoms with E-state index in [1.165, 1.54) is 0 Å². The van der Waals surface area contributed by atoms with Crippen molar-refractivity contribution in [3.63, 3.8) is 0 Å². The molecule has 17 heavy (non-hydrogen) atoms. The average molecular weight is 233 g/mol. The number of hydrogen-bond donors (Lipinski definition) is 2. The van der Waals surface area contributed by atoms with Crippen molar-refractivity contribution in [3.05, 3.63) is 24.3 Å². The van der Waals surface area contributed by atoms with Crippen molar-refractivity contribution in [1.82, 2.24) is 4.90 Å². The van der Waals surface area contributed by atoms with Gasteiger partial charge in [-0.2, -0.15) is 0 Å². The molecule has 0 bridgehead atoms. The minimum absolute atomic E-state index is 0.0428. The number of hydrogen-bond acceptors (Lipinski definition) is 3. The molecule has 0 unspecified atom stereocenters. The second kappa shape index (κ2) is 4.86. The fourth-order valence-corrected chi connectivity index (χ4v) is 1.85. The summed E-state index contributed by atoms with van der Waals surface area (Å²) in [5.74, 6) is -0.167. The maximum absolute atomic E-state index is 11.7. The lowest BCUT2D eigenvalue weighted by Crippen LogP contribution is -2.34. The molecule has 5 nitrogen and oxygen atoms in total. The summed E-state index contributed by atoms with van der Waals surface area (Å²) in [5, 5.41) is 2.70. The van der Waals surface area contributed by atoms with Crippen molar-refractivity contribution in [2.45, 2.75) is 12.8 Å². The van der Waals surface area contributed by atoms with Crippen LogP contribution in [0.5, 0.6) is 0 Å². The van der Waals surface area contributed by atoms with Gasteiger partial charge < -0.3 is 16.0 Å². The molecule has 1 aliphatic rings. The first-order chi connectivity index (χ1) is 8.16. The number of likely N-dealkylation sites (tertiary alicyclic amines) is 1. The first kappa shape index (κ1) is 11.4. The Morgan fingerprint density at radius 3 is 2.82 bits per heavy atom. The van der Waals surface area contributed by atoms with Gasteiger partial charge in [-0.05, 0) is 18.6 Å². The van der Waals surface area contributed by atoms with Gasteiger partial charge in [0.05, 0.1) is 17.9 Å². The lowest BCUT2D eigenvalue weighted by molar-refractivity contribution is -0.131. The van der Waals surface area contributed by atoms with Gasteiger partial charge in [-0.25, -0.2) is 0 Å². The monoisotopic (exact) mass is 233 g/mol. The van der Waals surface area contributed by atoms with Crippen LogP contribution in [-0.4, -0.2) is 29.8 Å². The molecule has 1 heterocycles. The van der Waals surface area contributed by atoms with Gasteiger partial charge >= 0.3 is 0 Å². The maximum Gasteiger partial charge on any atom is 0.244 e. The van der Waals surface area contributed by atoms with Gasteiger partial charge in [-0.15, -0.1) is 0 Å². The molecule has 2 amide bonds. The fourth-order valence-electron chi connectivity index (χ4n) is 1.85. The molecule has 1 aliphatic heterocycles. The van der Waals surface area contributed by atoms with Crippen LogP contribution in [0, 0.1) is 0 Å². The van der Waals surface area contributed by atoms with Gasteiger partial charge in [0.25, 0.3) is 0 Å². The van der Waals surface area contributed by atoms with E-state index in [1.54, 1.807) is 29.2 Å². The molecule has 1 aromatic carbocycles. The van der Waals surface area contributed by atoms with E-state index in [0.29, 0.717) is 24.3 Å². The first-order valence-corrected chi connectivity index (χ1v) is 5.59. The van der Waals surface area contributed by atoms with E-state index >= 15 is 0 Å². The summed E-state index contributed by atoms with van der Waals surface area (Å²) < 4.78 is 0. The summed E-state index contributed by atoms with van der Waals surface area (Å²) in [7, 11) is 0. The number of rotatable bonds is 3. The summed E-state index contributed by atoms with van der Waals surface area (Å²) in [4.78, 5) is 24.6. The number of carbonyl (C=O) groups is 2. The number of nitrogen functional groups attached to an aromatic ring is 1. The summed E-state index contributed by atoms with van der Waals surface area (Å²) in [6.07, 6.45) is 1.38. The molecule has 5 heteroatoms. The number of amides is 2. The van der Waals surface area contributed by atoms with Gasteiger partial charge in [-0.1, -0.05) is 12.1 Å². The van der Waals surface area contributed by atoms with E-state index in [1.807, 2.05) is 0 Å². The third kappa shape index (κ3) is 2.75. The Labute approximate surface area is 99.6 Å². The molecule has 0 atom stereocenters. The molecule has 2 rings (SSSR count). The molecule has 1 fully saturated rings. The quantitative estimate of drug-likeness (QED) is 0.759. The van der Waals surface area contributed by atoms with E-state index in [-0.39, 0.29) is 18.4 Å². The molecule has 0 radical (unpaired) electrons. The van der Waals surface area contributed by atoms with Crippen molar-refractivity contribution < 1.29 is 9.59 Å². The number of nitrogens with two attached hydrogens (primary N) is 1. The Bertz CT molecular complexity index is 445. The van der Waals surface area contributed by atoms with E-state index in [0.717, 1.165) is 6.42 Å². The first-order valence-electron chi connectivity index (χ1n) is 5.59. The Kier molecular flexibility index (Phi) is 3.27. The summed E-state index contributed by atoms with van der Waals surface area (Å²) in [6.45, 7) is 0.768. The Hall–Kier alpha value is -2.04. The van der Waals surface area contributed by atoms with Crippen LogP contribution in [0.15, 0.2) is 24.3 Å². The highest BCUT2D eigenvalue weighted by molar-refractivity contribution is 5.97. The Morgan fingerprint density at radius 1 is 1.41 bits per heavy atom. The Balaban J connectivity index is 1.93. The Morgan fingerprint density at radius 2 is 2.18 bits per heavy atom. The molecule has 3 N–H and O–H groups in total. The molecule has 0 spiro atoms. The lowest BCUT2D eigenvalue weighted by Gasteiger charge is -2.15. The third-order valence-electron chi connectivity index (χ3n) is 2.74. The van der Waals surface area contributed by atoms with Crippen LogP contribution in [0.4, 0.5) is 11.4 Å². The van der Waals surface area contributed by atoms with E-state index in [4.69, 9.17) is 5.73 Å². The zero-order valence-corrected chi connectivity index (χ0v) is 9.48. The predicted molar refractivity (Wildman–Crippen MR) is 65.3 cm³/mol. The van der Waals surface area contributed by atoms with Crippen LogP contribution in [0.3, 0.4) is 0 Å². The molecule has 0 aliphatic carbocycles. The van der Waals surface area contributed by atoms with E-state index < -0.39 is 0 Å². The third-order valence-corrected chi connectivity index (χ3v) is 2.74. The number of carbonyl (C=O) groups excluding carboxylic acids is 2. The van der Waals surface area contributed by atoms with Crippen LogP contribution in [0.2, 0.25) is 0 Å².